The van der Waals surface area contributed by atoms with Crippen molar-refractivity contribution in [3.8, 4) is 0 Å². The third-order valence-corrected chi connectivity index (χ3v) is 3.32. The van der Waals surface area contributed by atoms with Crippen molar-refractivity contribution >= 4 is 17.3 Å². The van der Waals surface area contributed by atoms with E-state index in [-0.39, 0.29) is 5.97 Å². The number of carbonyl (C=O) groups is 1. The molecule has 0 amide bonds. The number of hydrogen-bond donors (Lipinski definition) is 0. The summed E-state index contributed by atoms with van der Waals surface area (Å²) in [6.45, 7) is 4.24. The lowest BCUT2D eigenvalue weighted by Crippen LogP contribution is -2.07. The van der Waals surface area contributed by atoms with Gasteiger partial charge in [0.2, 0.25) is 0 Å². The molecular formula is C10H15NO2S. The van der Waals surface area contributed by atoms with Crippen LogP contribution in [0.15, 0.2) is 5.51 Å². The summed E-state index contributed by atoms with van der Waals surface area (Å²) in [5.41, 5.74) is 2.20. The van der Waals surface area contributed by atoms with Crippen molar-refractivity contribution in [3.63, 3.8) is 0 Å². The number of aromatic nitrogens is 1. The van der Waals surface area contributed by atoms with E-state index in [1.165, 1.54) is 18.4 Å². The highest BCUT2D eigenvalue weighted by molar-refractivity contribution is 7.10. The Bertz CT molecular complexity index is 305. The molecule has 0 aliphatic rings. The Balaban J connectivity index is 2.96. The summed E-state index contributed by atoms with van der Waals surface area (Å²) in [6, 6.07) is 0. The predicted octanol–water partition coefficient (Wildman–Crippen LogP) is 2.83. The van der Waals surface area contributed by atoms with Crippen LogP contribution in [0.5, 0.6) is 0 Å². The normalized spacial score (nSPS) is 10.6. The molecule has 0 saturated carbocycles. The molecule has 0 unspecified atom stereocenters. The molecule has 0 spiro atoms. The van der Waals surface area contributed by atoms with Crippen molar-refractivity contribution in [1.29, 1.82) is 0 Å². The number of hydrogen-bond acceptors (Lipinski definition) is 4. The molecule has 3 nitrogen and oxygen atoms in total. The Labute approximate surface area is 88.1 Å². The van der Waals surface area contributed by atoms with Crippen LogP contribution in [0.2, 0.25) is 0 Å². The zero-order chi connectivity index (χ0) is 10.6. The number of thiazole rings is 1. The number of methoxy groups -OCH3 is 1. The van der Waals surface area contributed by atoms with Gasteiger partial charge in [0.1, 0.15) is 0 Å². The second kappa shape index (κ2) is 5.10. The number of ether oxygens (including phenoxy) is 1. The first-order chi connectivity index (χ1) is 6.74. The van der Waals surface area contributed by atoms with Crippen molar-refractivity contribution in [1.82, 2.24) is 4.98 Å². The van der Waals surface area contributed by atoms with Gasteiger partial charge in [-0.25, -0.2) is 9.78 Å². The monoisotopic (exact) mass is 213 g/mol. The fraction of sp³-hybridized carbons (Fsp3) is 0.600. The predicted molar refractivity (Wildman–Crippen MR) is 56.8 cm³/mol. The second-order valence-corrected chi connectivity index (χ2v) is 3.96. The van der Waals surface area contributed by atoms with Crippen molar-refractivity contribution < 1.29 is 9.53 Å². The van der Waals surface area contributed by atoms with E-state index < -0.39 is 0 Å². The number of nitrogens with zero attached hydrogens (tertiary/aromatic N) is 1. The first-order valence-corrected chi connectivity index (χ1v) is 5.64. The maximum absolute atomic E-state index is 11.4. The lowest BCUT2D eigenvalue weighted by molar-refractivity contribution is 0.0593. The molecule has 1 aromatic rings. The second-order valence-electron chi connectivity index (χ2n) is 3.07. The fourth-order valence-corrected chi connectivity index (χ4v) is 2.50. The average Bonchev–Trinajstić information content (AvgIpc) is 2.68. The molecule has 0 bridgehead atoms. The molecule has 0 aliphatic carbocycles. The van der Waals surface area contributed by atoms with Crippen LogP contribution >= 0.6 is 11.3 Å². The molecule has 4 heteroatoms. The van der Waals surface area contributed by atoms with Gasteiger partial charge in [-0.3, -0.25) is 0 Å². The summed E-state index contributed by atoms with van der Waals surface area (Å²) in [5.74, 6) is 0.102. The van der Waals surface area contributed by atoms with Gasteiger partial charge in [0.25, 0.3) is 0 Å². The Morgan fingerprint density at radius 1 is 1.57 bits per heavy atom. The van der Waals surface area contributed by atoms with Crippen molar-refractivity contribution in [2.45, 2.75) is 32.6 Å². The molecule has 1 aromatic heterocycles. The Kier molecular flexibility index (Phi) is 4.07. The molecule has 1 heterocycles. The van der Waals surface area contributed by atoms with Crippen LogP contribution in [0.25, 0.3) is 0 Å². The smallest absolute Gasteiger partial charge is 0.357 e. The van der Waals surface area contributed by atoms with Gasteiger partial charge in [-0.05, 0) is 18.8 Å². The summed E-state index contributed by atoms with van der Waals surface area (Å²) < 4.78 is 4.68. The number of rotatable bonds is 4. The summed E-state index contributed by atoms with van der Waals surface area (Å²) in [4.78, 5) is 16.5. The molecule has 0 radical (unpaired) electrons. The topological polar surface area (TPSA) is 39.2 Å². The van der Waals surface area contributed by atoms with Crippen molar-refractivity contribution in [3.05, 3.63) is 16.1 Å². The molecule has 0 N–H and O–H groups in total. The number of esters is 1. The largest absolute Gasteiger partial charge is 0.464 e. The van der Waals surface area contributed by atoms with E-state index >= 15 is 0 Å². The van der Waals surface area contributed by atoms with Crippen LogP contribution in [-0.2, 0) is 4.74 Å². The van der Waals surface area contributed by atoms with Gasteiger partial charge in [-0.2, -0.15) is 0 Å². The lowest BCUT2D eigenvalue weighted by Gasteiger charge is -2.10. The molecular weight excluding hydrogens is 198 g/mol. The molecule has 0 saturated heterocycles. The summed E-state index contributed by atoms with van der Waals surface area (Å²) in [6.07, 6.45) is 2.06. The Morgan fingerprint density at radius 3 is 2.71 bits per heavy atom. The molecule has 1 rings (SSSR count). The Morgan fingerprint density at radius 2 is 2.21 bits per heavy atom. The van der Waals surface area contributed by atoms with E-state index in [2.05, 4.69) is 23.6 Å². The first-order valence-electron chi connectivity index (χ1n) is 4.76. The highest BCUT2D eigenvalue weighted by Gasteiger charge is 2.20. The average molecular weight is 213 g/mol. The molecule has 0 aromatic carbocycles. The van der Waals surface area contributed by atoms with Gasteiger partial charge >= 0.3 is 5.97 Å². The summed E-state index contributed by atoms with van der Waals surface area (Å²) in [5, 5.41) is 0. The SMILES string of the molecule is CCC(CC)c1scnc1C(=O)OC. The molecule has 14 heavy (non-hydrogen) atoms. The van der Waals surface area contributed by atoms with E-state index in [0.717, 1.165) is 17.7 Å². The van der Waals surface area contributed by atoms with Crippen LogP contribution < -0.4 is 0 Å². The van der Waals surface area contributed by atoms with Crippen LogP contribution in [0.3, 0.4) is 0 Å². The highest BCUT2D eigenvalue weighted by Crippen LogP contribution is 2.29. The van der Waals surface area contributed by atoms with Gasteiger partial charge in [0.05, 0.1) is 12.6 Å². The van der Waals surface area contributed by atoms with E-state index in [9.17, 15) is 4.79 Å². The minimum absolute atomic E-state index is 0.326. The van der Waals surface area contributed by atoms with E-state index in [1.807, 2.05) is 0 Å². The van der Waals surface area contributed by atoms with Crippen LogP contribution in [0.1, 0.15) is 48.0 Å². The summed E-state index contributed by atoms with van der Waals surface area (Å²) >= 11 is 1.54. The standard InChI is InChI=1S/C10H15NO2S/c1-4-7(5-2)9-8(10(12)13-3)11-6-14-9/h6-7H,4-5H2,1-3H3. The van der Waals surface area contributed by atoms with Gasteiger partial charge in [-0.15, -0.1) is 11.3 Å². The lowest BCUT2D eigenvalue weighted by atomic mass is 10.0. The molecule has 0 aliphatic heterocycles. The molecule has 0 fully saturated rings. The van der Waals surface area contributed by atoms with E-state index in [1.54, 1.807) is 5.51 Å². The number of carbonyl (C=O) groups excluding carboxylic acids is 1. The molecule has 0 atom stereocenters. The zero-order valence-electron chi connectivity index (χ0n) is 8.74. The zero-order valence-corrected chi connectivity index (χ0v) is 9.56. The van der Waals surface area contributed by atoms with Gasteiger partial charge < -0.3 is 4.74 Å². The third kappa shape index (κ3) is 2.12. The minimum Gasteiger partial charge on any atom is -0.464 e. The van der Waals surface area contributed by atoms with Gasteiger partial charge in [-0.1, -0.05) is 13.8 Å². The maximum atomic E-state index is 11.4. The van der Waals surface area contributed by atoms with E-state index in [0.29, 0.717) is 11.6 Å². The minimum atomic E-state index is -0.326. The third-order valence-electron chi connectivity index (χ3n) is 2.33. The Hall–Kier alpha value is -0.900. The van der Waals surface area contributed by atoms with Gasteiger partial charge in [0.15, 0.2) is 5.69 Å². The van der Waals surface area contributed by atoms with Crippen LogP contribution in [-0.4, -0.2) is 18.1 Å². The fourth-order valence-electron chi connectivity index (χ4n) is 1.45. The van der Waals surface area contributed by atoms with Crippen molar-refractivity contribution in [2.24, 2.45) is 0 Å². The van der Waals surface area contributed by atoms with Crippen molar-refractivity contribution in [2.75, 3.05) is 7.11 Å². The highest BCUT2D eigenvalue weighted by atomic mass is 32.1. The van der Waals surface area contributed by atoms with Gasteiger partial charge in [0, 0.05) is 4.88 Å². The quantitative estimate of drug-likeness (QED) is 0.722. The maximum Gasteiger partial charge on any atom is 0.357 e. The van der Waals surface area contributed by atoms with Crippen LogP contribution in [0, 0.1) is 0 Å². The summed E-state index contributed by atoms with van der Waals surface area (Å²) in [7, 11) is 1.39. The first kappa shape index (κ1) is 11.2. The van der Waals surface area contributed by atoms with Crippen LogP contribution in [0.4, 0.5) is 0 Å². The molecule has 78 valence electrons. The van der Waals surface area contributed by atoms with E-state index in [4.69, 9.17) is 0 Å².